The first kappa shape index (κ1) is 25.7. The minimum absolute atomic E-state index is 0.0607. The van der Waals surface area contributed by atoms with E-state index < -0.39 is 18.1 Å². The van der Waals surface area contributed by atoms with Crippen molar-refractivity contribution >= 4 is 76.6 Å². The molecule has 0 saturated carbocycles. The number of nitro groups is 1. The Labute approximate surface area is 210 Å². The summed E-state index contributed by atoms with van der Waals surface area (Å²) in [5.74, 6) is -0.593. The molecule has 3 aromatic rings. The number of carbonyl (C=O) groups is 1. The zero-order chi connectivity index (χ0) is 24.9. The van der Waals surface area contributed by atoms with Crippen molar-refractivity contribution in [2.75, 3.05) is 0 Å². The van der Waals surface area contributed by atoms with Crippen LogP contribution in [0.3, 0.4) is 0 Å². The molecule has 1 amide bonds. The van der Waals surface area contributed by atoms with Gasteiger partial charge in [0.25, 0.3) is 13.0 Å². The average Bonchev–Trinajstić information content (AvgIpc) is 2.79. The van der Waals surface area contributed by atoms with Gasteiger partial charge >= 0.3 is 0 Å². The number of amides is 1. The monoisotopic (exact) mass is 535 g/mol. The van der Waals surface area contributed by atoms with Gasteiger partial charge in [-0.2, -0.15) is 9.88 Å². The lowest BCUT2D eigenvalue weighted by Gasteiger charge is -2.27. The number of carbonyl (C=O) groups excluding carboxylic acids is 1. The molecule has 0 atom stereocenters. The van der Waals surface area contributed by atoms with Crippen LogP contribution in [0, 0.1) is 10.1 Å². The van der Waals surface area contributed by atoms with Crippen molar-refractivity contribution in [2.45, 2.75) is 6.92 Å². The number of rotatable bonds is 7. The molecule has 0 N–H and O–H groups in total. The van der Waals surface area contributed by atoms with Gasteiger partial charge in [0.2, 0.25) is 5.91 Å². The highest BCUT2D eigenvalue weighted by molar-refractivity contribution is 7.77. The van der Waals surface area contributed by atoms with Crippen molar-refractivity contribution in [2.24, 2.45) is 5.10 Å². The minimum atomic E-state index is -3.80. The molecular weight excluding hydrogens is 520 g/mol. The van der Waals surface area contributed by atoms with Gasteiger partial charge in [0, 0.05) is 39.7 Å². The van der Waals surface area contributed by atoms with Gasteiger partial charge in [-0.05, 0) is 60.2 Å². The first-order valence-corrected chi connectivity index (χ1v) is 12.5. The van der Waals surface area contributed by atoms with Gasteiger partial charge in [-0.25, -0.2) is 0 Å². The molecular formula is C23H17Cl3N3O4P. The lowest BCUT2D eigenvalue weighted by atomic mass is 10.2. The summed E-state index contributed by atoms with van der Waals surface area (Å²) in [6.07, 6.45) is 2.59. The van der Waals surface area contributed by atoms with Crippen LogP contribution in [0.4, 0.5) is 5.69 Å². The Balaban J connectivity index is 2.06. The molecule has 0 radical (unpaired) electrons. The summed E-state index contributed by atoms with van der Waals surface area (Å²) in [4.78, 5) is 23.1. The van der Waals surface area contributed by atoms with E-state index in [2.05, 4.69) is 5.10 Å². The van der Waals surface area contributed by atoms with Crippen molar-refractivity contribution in [3.8, 4) is 0 Å². The highest BCUT2D eigenvalue weighted by Gasteiger charge is 2.37. The maximum Gasteiger partial charge on any atom is 0.270 e. The van der Waals surface area contributed by atoms with Gasteiger partial charge in [0.15, 0.2) is 0 Å². The average molecular weight is 537 g/mol. The van der Waals surface area contributed by atoms with Crippen LogP contribution in [0.1, 0.15) is 12.5 Å². The molecule has 11 heteroatoms. The molecule has 0 saturated heterocycles. The summed E-state index contributed by atoms with van der Waals surface area (Å²) < 4.78 is 15.3. The highest BCUT2D eigenvalue weighted by atomic mass is 35.5. The summed E-state index contributed by atoms with van der Waals surface area (Å²) in [5, 5.41) is 16.7. The van der Waals surface area contributed by atoms with Gasteiger partial charge in [-0.1, -0.05) is 46.9 Å². The quantitative estimate of drug-likeness (QED) is 0.154. The zero-order valence-corrected chi connectivity index (χ0v) is 20.8. The maximum absolute atomic E-state index is 14.4. The molecule has 3 aromatic carbocycles. The molecule has 174 valence electrons. The molecule has 0 bridgehead atoms. The van der Waals surface area contributed by atoms with Crippen LogP contribution in [0.25, 0.3) is 6.08 Å². The third-order valence-corrected chi connectivity index (χ3v) is 8.20. The predicted molar refractivity (Wildman–Crippen MR) is 138 cm³/mol. The second-order valence-electron chi connectivity index (χ2n) is 6.96. The third-order valence-electron chi connectivity index (χ3n) is 4.58. The number of hydrogen-bond donors (Lipinski definition) is 0. The molecule has 0 unspecified atom stereocenters. The number of halogens is 3. The molecule has 34 heavy (non-hydrogen) atoms. The number of nitrogens with zero attached hydrogens (tertiary/aromatic N) is 3. The number of hydrazone groups is 1. The van der Waals surface area contributed by atoms with Crippen molar-refractivity contribution in [1.82, 2.24) is 4.78 Å². The molecule has 0 aliphatic carbocycles. The van der Waals surface area contributed by atoms with Crippen LogP contribution in [-0.2, 0) is 9.36 Å². The first-order chi connectivity index (χ1) is 16.1. The molecule has 3 rings (SSSR count). The second-order valence-corrected chi connectivity index (χ2v) is 10.8. The number of benzene rings is 3. The fourth-order valence-corrected chi connectivity index (χ4v) is 5.90. The van der Waals surface area contributed by atoms with Crippen LogP contribution in [-0.4, -0.2) is 21.8 Å². The molecule has 0 aliphatic rings. The lowest BCUT2D eigenvalue weighted by molar-refractivity contribution is -0.384. The highest BCUT2D eigenvalue weighted by Crippen LogP contribution is 2.48. The number of nitro benzene ring substituents is 1. The Bertz CT molecular complexity index is 1280. The van der Waals surface area contributed by atoms with Crippen molar-refractivity contribution in [1.29, 1.82) is 0 Å². The molecule has 0 aliphatic heterocycles. The number of allylic oxidation sites excluding steroid dienone is 1. The zero-order valence-electron chi connectivity index (χ0n) is 17.6. The summed E-state index contributed by atoms with van der Waals surface area (Å²) >= 11 is 18.3. The largest absolute Gasteiger partial charge is 0.288 e. The third kappa shape index (κ3) is 5.93. The van der Waals surface area contributed by atoms with E-state index in [4.69, 9.17) is 34.8 Å². The summed E-state index contributed by atoms with van der Waals surface area (Å²) in [6, 6.07) is 18.3. The number of hydrogen-bond acceptors (Lipinski definition) is 5. The maximum atomic E-state index is 14.4. The summed E-state index contributed by atoms with van der Waals surface area (Å²) in [7, 11) is -3.80. The molecule has 0 heterocycles. The molecule has 0 aromatic heterocycles. The smallest absolute Gasteiger partial charge is 0.270 e. The van der Waals surface area contributed by atoms with Gasteiger partial charge in [-0.3, -0.25) is 19.5 Å². The van der Waals surface area contributed by atoms with Gasteiger partial charge < -0.3 is 0 Å². The second kappa shape index (κ2) is 11.0. The van der Waals surface area contributed by atoms with Crippen molar-refractivity contribution in [3.63, 3.8) is 0 Å². The standard InChI is InChI=1S/C23H17Cl3N3O4P/c1-16(30)28(27-15-20(26)13-17-3-2-4-21(14-17)29(31)32)34(33,22-9-5-18(24)6-10-22)23-11-7-19(25)8-12-23/h2-15H,1H3/b20-13-,27-15-. The van der Waals surface area contributed by atoms with E-state index in [-0.39, 0.29) is 10.7 Å². The van der Waals surface area contributed by atoms with Gasteiger partial charge in [0.1, 0.15) is 0 Å². The van der Waals surface area contributed by atoms with Crippen LogP contribution < -0.4 is 10.6 Å². The van der Waals surface area contributed by atoms with E-state index in [1.165, 1.54) is 31.2 Å². The summed E-state index contributed by atoms with van der Waals surface area (Å²) in [5.41, 5.74) is 0.356. The first-order valence-electron chi connectivity index (χ1n) is 9.70. The summed E-state index contributed by atoms with van der Waals surface area (Å²) in [6.45, 7) is 1.23. The van der Waals surface area contributed by atoms with Gasteiger partial charge in [0.05, 0.1) is 16.2 Å². The van der Waals surface area contributed by atoms with E-state index >= 15 is 0 Å². The van der Waals surface area contributed by atoms with Crippen LogP contribution >= 0.6 is 42.1 Å². The van der Waals surface area contributed by atoms with Crippen LogP contribution in [0.5, 0.6) is 0 Å². The Morgan fingerprint density at radius 3 is 2.00 bits per heavy atom. The van der Waals surface area contributed by atoms with Crippen LogP contribution in [0.2, 0.25) is 10.0 Å². The molecule has 0 fully saturated rings. The van der Waals surface area contributed by atoms with Crippen molar-refractivity contribution < 1.29 is 14.3 Å². The van der Waals surface area contributed by atoms with Crippen molar-refractivity contribution in [3.05, 3.63) is 104 Å². The number of non-ortho nitro benzene ring substituents is 1. The van der Waals surface area contributed by atoms with E-state index in [0.717, 1.165) is 11.0 Å². The van der Waals surface area contributed by atoms with Gasteiger partial charge in [-0.15, -0.1) is 0 Å². The minimum Gasteiger partial charge on any atom is -0.288 e. The lowest BCUT2D eigenvalue weighted by Crippen LogP contribution is -2.32. The topological polar surface area (TPSA) is 92.9 Å². The molecule has 7 nitrogen and oxygen atoms in total. The Kier molecular flexibility index (Phi) is 8.28. The van der Waals surface area contributed by atoms with Crippen LogP contribution in [0.15, 0.2) is 82.9 Å². The Morgan fingerprint density at radius 2 is 1.53 bits per heavy atom. The molecule has 0 spiro atoms. The predicted octanol–water partition coefficient (Wildman–Crippen LogP) is 6.24. The normalized spacial score (nSPS) is 12.1. The Hall–Kier alpha value is -2.96. The van der Waals surface area contributed by atoms with E-state index in [1.807, 2.05) is 0 Å². The van der Waals surface area contributed by atoms with E-state index in [9.17, 15) is 19.5 Å². The Morgan fingerprint density at radius 1 is 1.00 bits per heavy atom. The fraction of sp³-hybridized carbons (Fsp3) is 0.0435. The van der Waals surface area contributed by atoms with E-state index in [0.29, 0.717) is 26.2 Å². The van der Waals surface area contributed by atoms with E-state index in [1.54, 1.807) is 54.6 Å². The SMILES string of the molecule is CC(=O)N(/N=C\C(Cl)=C\c1cccc([N+](=O)[O-])c1)P(=O)(c1ccc(Cl)cc1)c1ccc(Cl)cc1. The fourth-order valence-electron chi connectivity index (χ4n) is 3.04.